The normalized spacial score (nSPS) is 42.0. The molecule has 0 aromatic heterocycles. The van der Waals surface area contributed by atoms with Gasteiger partial charge in [0.25, 0.3) is 0 Å². The molecule has 0 radical (unpaired) electrons. The standard InChI is InChI=1S/C15H27ClO2/c1-13(2)8-4-3-5-10-14(16,11-7-6-9-13)15(17)12-18-15/h17H,3-12H2,1-2H3. The Hall–Kier alpha value is 0.210. The minimum atomic E-state index is -1.03. The Morgan fingerprint density at radius 3 is 1.89 bits per heavy atom. The zero-order valence-electron chi connectivity index (χ0n) is 11.8. The molecule has 0 aromatic rings. The lowest BCUT2D eigenvalue weighted by molar-refractivity contribution is -0.0111. The smallest absolute Gasteiger partial charge is 0.209 e. The van der Waals surface area contributed by atoms with Crippen molar-refractivity contribution in [3.05, 3.63) is 0 Å². The van der Waals surface area contributed by atoms with E-state index in [4.69, 9.17) is 16.3 Å². The molecule has 18 heavy (non-hydrogen) atoms. The predicted octanol–water partition coefficient (Wildman–Crippen LogP) is 4.23. The third kappa shape index (κ3) is 3.40. The van der Waals surface area contributed by atoms with Crippen molar-refractivity contribution in [2.24, 2.45) is 5.41 Å². The van der Waals surface area contributed by atoms with Gasteiger partial charge in [0.05, 0.1) is 0 Å². The summed E-state index contributed by atoms with van der Waals surface area (Å²) in [7, 11) is 0. The summed E-state index contributed by atoms with van der Waals surface area (Å²) < 4.78 is 5.20. The number of rotatable bonds is 1. The van der Waals surface area contributed by atoms with Crippen LogP contribution in [0.1, 0.15) is 71.6 Å². The largest absolute Gasteiger partial charge is 0.362 e. The lowest BCUT2D eigenvalue weighted by atomic mass is 9.82. The fourth-order valence-electron chi connectivity index (χ4n) is 3.16. The first-order valence-electron chi connectivity index (χ1n) is 7.42. The average molecular weight is 275 g/mol. The quantitative estimate of drug-likeness (QED) is 0.573. The summed E-state index contributed by atoms with van der Waals surface area (Å²) in [6.07, 6.45) is 10.2. The molecule has 2 atom stereocenters. The molecule has 0 aromatic carbocycles. The van der Waals surface area contributed by atoms with Gasteiger partial charge in [0, 0.05) is 0 Å². The number of epoxide rings is 1. The van der Waals surface area contributed by atoms with Crippen molar-refractivity contribution in [1.29, 1.82) is 0 Å². The van der Waals surface area contributed by atoms with Gasteiger partial charge in [0.1, 0.15) is 11.5 Å². The predicted molar refractivity (Wildman–Crippen MR) is 74.8 cm³/mol. The van der Waals surface area contributed by atoms with E-state index >= 15 is 0 Å². The molecule has 1 aliphatic heterocycles. The van der Waals surface area contributed by atoms with Crippen molar-refractivity contribution in [2.45, 2.75) is 82.3 Å². The fourth-order valence-corrected chi connectivity index (χ4v) is 3.54. The van der Waals surface area contributed by atoms with Crippen LogP contribution < -0.4 is 0 Å². The molecule has 2 nitrogen and oxygen atoms in total. The Morgan fingerprint density at radius 2 is 1.33 bits per heavy atom. The Morgan fingerprint density at radius 1 is 0.889 bits per heavy atom. The summed E-state index contributed by atoms with van der Waals surface area (Å²) in [5.41, 5.74) is 0.465. The SMILES string of the molecule is CC1(C)CCCCCC(Cl)(C2(O)CO2)CCCC1. The van der Waals surface area contributed by atoms with Crippen LogP contribution in [-0.4, -0.2) is 22.4 Å². The van der Waals surface area contributed by atoms with E-state index in [0.717, 1.165) is 25.7 Å². The second kappa shape index (κ2) is 5.30. The van der Waals surface area contributed by atoms with Crippen molar-refractivity contribution in [3.63, 3.8) is 0 Å². The number of ether oxygens (including phenoxy) is 1. The first-order valence-corrected chi connectivity index (χ1v) is 7.80. The Balaban J connectivity index is 1.95. The van der Waals surface area contributed by atoms with Crippen LogP contribution in [0.4, 0.5) is 0 Å². The molecule has 1 aliphatic carbocycles. The molecule has 2 aliphatic rings. The molecular formula is C15H27ClO2. The number of halogens is 1. The van der Waals surface area contributed by atoms with Gasteiger partial charge in [-0.1, -0.05) is 46.0 Å². The van der Waals surface area contributed by atoms with Gasteiger partial charge < -0.3 is 9.84 Å². The van der Waals surface area contributed by atoms with E-state index < -0.39 is 10.7 Å². The van der Waals surface area contributed by atoms with Gasteiger partial charge in [-0.3, -0.25) is 0 Å². The summed E-state index contributed by atoms with van der Waals surface area (Å²) in [6.45, 7) is 5.16. The molecule has 1 heterocycles. The van der Waals surface area contributed by atoms with Gasteiger partial charge in [-0.05, 0) is 31.1 Å². The molecule has 0 spiro atoms. The third-order valence-corrected chi connectivity index (χ3v) is 5.39. The highest BCUT2D eigenvalue weighted by atomic mass is 35.5. The highest BCUT2D eigenvalue weighted by Crippen LogP contribution is 2.48. The molecule has 2 unspecified atom stereocenters. The van der Waals surface area contributed by atoms with Crippen molar-refractivity contribution in [1.82, 2.24) is 0 Å². The van der Waals surface area contributed by atoms with Crippen molar-refractivity contribution in [3.8, 4) is 0 Å². The van der Waals surface area contributed by atoms with Crippen LogP contribution in [0.15, 0.2) is 0 Å². The zero-order valence-corrected chi connectivity index (χ0v) is 12.6. The average Bonchev–Trinajstić information content (AvgIpc) is 3.03. The number of hydrogen-bond acceptors (Lipinski definition) is 2. The highest BCUT2D eigenvalue weighted by molar-refractivity contribution is 6.24. The third-order valence-electron chi connectivity index (χ3n) is 4.72. The summed E-state index contributed by atoms with van der Waals surface area (Å²) >= 11 is 6.67. The molecule has 3 heteroatoms. The van der Waals surface area contributed by atoms with Crippen LogP contribution in [0, 0.1) is 5.41 Å². The zero-order chi connectivity index (χ0) is 13.3. The van der Waals surface area contributed by atoms with Crippen molar-refractivity contribution in [2.75, 3.05) is 6.61 Å². The fraction of sp³-hybridized carbons (Fsp3) is 1.00. The van der Waals surface area contributed by atoms with Crippen LogP contribution in [0.3, 0.4) is 0 Å². The lowest BCUT2D eigenvalue weighted by Crippen LogP contribution is -2.40. The summed E-state index contributed by atoms with van der Waals surface area (Å²) in [5.74, 6) is -1.03. The maximum atomic E-state index is 10.2. The minimum absolute atomic E-state index is 0.419. The van der Waals surface area contributed by atoms with Crippen LogP contribution >= 0.6 is 11.6 Å². The first-order chi connectivity index (χ1) is 8.37. The molecule has 2 rings (SSSR count). The number of aliphatic hydroxyl groups is 1. The molecule has 2 fully saturated rings. The molecule has 0 amide bonds. The molecule has 106 valence electrons. The first kappa shape index (κ1) is 14.6. The summed E-state index contributed by atoms with van der Waals surface area (Å²) in [6, 6.07) is 0. The van der Waals surface area contributed by atoms with E-state index in [2.05, 4.69) is 13.8 Å². The van der Waals surface area contributed by atoms with Gasteiger partial charge in [-0.25, -0.2) is 0 Å². The molecular weight excluding hydrogens is 248 g/mol. The second-order valence-electron chi connectivity index (χ2n) is 6.97. The molecule has 1 saturated heterocycles. The van der Waals surface area contributed by atoms with Crippen LogP contribution in [0.5, 0.6) is 0 Å². The molecule has 1 N–H and O–H groups in total. The molecule has 0 bridgehead atoms. The maximum absolute atomic E-state index is 10.2. The van der Waals surface area contributed by atoms with E-state index in [1.165, 1.54) is 32.1 Å². The van der Waals surface area contributed by atoms with E-state index in [9.17, 15) is 5.11 Å². The van der Waals surface area contributed by atoms with Crippen molar-refractivity contribution < 1.29 is 9.84 Å². The topological polar surface area (TPSA) is 32.8 Å². The second-order valence-corrected chi connectivity index (χ2v) is 7.69. The monoisotopic (exact) mass is 274 g/mol. The van der Waals surface area contributed by atoms with E-state index in [1.807, 2.05) is 0 Å². The Bertz CT molecular complexity index is 286. The Labute approximate surface area is 116 Å². The van der Waals surface area contributed by atoms with Gasteiger partial charge in [-0.15, -0.1) is 11.6 Å². The van der Waals surface area contributed by atoms with Gasteiger partial charge in [-0.2, -0.15) is 0 Å². The van der Waals surface area contributed by atoms with E-state index in [-0.39, 0.29) is 0 Å². The molecule has 1 saturated carbocycles. The Kier molecular flexibility index (Phi) is 4.30. The van der Waals surface area contributed by atoms with Gasteiger partial charge in [0.2, 0.25) is 5.79 Å². The lowest BCUT2D eigenvalue weighted by Gasteiger charge is -2.30. The van der Waals surface area contributed by atoms with Crippen molar-refractivity contribution >= 4 is 11.6 Å². The van der Waals surface area contributed by atoms with E-state index in [0.29, 0.717) is 12.0 Å². The minimum Gasteiger partial charge on any atom is -0.362 e. The number of alkyl halides is 1. The van der Waals surface area contributed by atoms with Gasteiger partial charge >= 0.3 is 0 Å². The van der Waals surface area contributed by atoms with Crippen LogP contribution in [-0.2, 0) is 4.74 Å². The van der Waals surface area contributed by atoms with Crippen LogP contribution in [0.2, 0.25) is 0 Å². The van der Waals surface area contributed by atoms with Crippen LogP contribution in [0.25, 0.3) is 0 Å². The highest BCUT2D eigenvalue weighted by Gasteiger charge is 2.59. The van der Waals surface area contributed by atoms with E-state index in [1.54, 1.807) is 0 Å². The summed E-state index contributed by atoms with van der Waals surface area (Å²) in [5, 5.41) is 10.2. The maximum Gasteiger partial charge on any atom is 0.209 e. The summed E-state index contributed by atoms with van der Waals surface area (Å²) in [4.78, 5) is -0.540. The number of hydrogen-bond donors (Lipinski definition) is 1. The van der Waals surface area contributed by atoms with Gasteiger partial charge in [0.15, 0.2) is 0 Å².